The number of benzene rings is 1. The Morgan fingerprint density at radius 2 is 2.09 bits per heavy atom. The summed E-state index contributed by atoms with van der Waals surface area (Å²) in [6.45, 7) is 5.71. The number of carbonyl (C=O) groups excluding carboxylic acids is 1. The Balaban J connectivity index is 1.94. The Morgan fingerprint density at radius 1 is 1.39 bits per heavy atom. The number of hydrogen-bond acceptors (Lipinski definition) is 5. The molecule has 3 rings (SSSR count). The number of ether oxygens (including phenoxy) is 3. The largest absolute Gasteiger partial charge is 0.495 e. The van der Waals surface area contributed by atoms with Gasteiger partial charge < -0.3 is 24.2 Å². The van der Waals surface area contributed by atoms with Gasteiger partial charge in [-0.3, -0.25) is 4.79 Å². The Kier molecular flexibility index (Phi) is 4.08. The number of aliphatic hydroxyl groups excluding tert-OH is 1. The zero-order valence-electron chi connectivity index (χ0n) is 13.9. The maximum absolute atomic E-state index is 12.6. The maximum Gasteiger partial charge on any atom is 0.235 e. The average molecular weight is 321 g/mol. The second kappa shape index (κ2) is 5.78. The average Bonchev–Trinajstić information content (AvgIpc) is 2.84. The molecule has 2 saturated heterocycles. The minimum Gasteiger partial charge on any atom is -0.495 e. The van der Waals surface area contributed by atoms with Crippen LogP contribution in [0.5, 0.6) is 5.75 Å². The van der Waals surface area contributed by atoms with Crippen LogP contribution in [0.4, 0.5) is 5.69 Å². The van der Waals surface area contributed by atoms with E-state index in [1.165, 1.54) is 0 Å². The van der Waals surface area contributed by atoms with Crippen molar-refractivity contribution in [3.63, 3.8) is 0 Å². The smallest absolute Gasteiger partial charge is 0.235 e. The summed E-state index contributed by atoms with van der Waals surface area (Å²) < 4.78 is 16.9. The predicted octanol–water partition coefficient (Wildman–Crippen LogP) is 1.56. The fourth-order valence-electron chi connectivity index (χ4n) is 3.41. The Morgan fingerprint density at radius 3 is 2.65 bits per heavy atom. The zero-order valence-corrected chi connectivity index (χ0v) is 13.9. The van der Waals surface area contributed by atoms with Gasteiger partial charge in [0.05, 0.1) is 37.5 Å². The number of para-hydroxylation sites is 2. The van der Waals surface area contributed by atoms with Gasteiger partial charge in [-0.05, 0) is 32.9 Å². The summed E-state index contributed by atoms with van der Waals surface area (Å²) in [5.74, 6) is -0.683. The first kappa shape index (κ1) is 16.2. The number of nitrogens with zero attached hydrogens (tertiary/aromatic N) is 1. The Hall–Kier alpha value is -1.63. The van der Waals surface area contributed by atoms with Gasteiger partial charge in [-0.25, -0.2) is 0 Å². The number of carbonyl (C=O) groups is 1. The van der Waals surface area contributed by atoms with Gasteiger partial charge in [-0.15, -0.1) is 0 Å². The van der Waals surface area contributed by atoms with Crippen molar-refractivity contribution in [2.24, 2.45) is 5.92 Å². The first-order chi connectivity index (χ1) is 10.9. The van der Waals surface area contributed by atoms with Crippen LogP contribution >= 0.6 is 0 Å². The van der Waals surface area contributed by atoms with Gasteiger partial charge >= 0.3 is 0 Å². The van der Waals surface area contributed by atoms with Gasteiger partial charge in [0, 0.05) is 0 Å². The molecule has 2 aliphatic heterocycles. The molecule has 2 fully saturated rings. The van der Waals surface area contributed by atoms with Crippen LogP contribution in [0, 0.1) is 5.92 Å². The molecule has 6 heteroatoms. The van der Waals surface area contributed by atoms with Crippen LogP contribution in [0.3, 0.4) is 0 Å². The van der Waals surface area contributed by atoms with Crippen molar-refractivity contribution in [3.05, 3.63) is 24.3 Å². The van der Waals surface area contributed by atoms with E-state index in [0.717, 1.165) is 0 Å². The van der Waals surface area contributed by atoms with Gasteiger partial charge in [0.25, 0.3) is 0 Å². The molecule has 0 radical (unpaired) electrons. The van der Waals surface area contributed by atoms with E-state index in [2.05, 4.69) is 0 Å². The number of aliphatic hydroxyl groups is 1. The van der Waals surface area contributed by atoms with E-state index in [0.29, 0.717) is 18.0 Å². The molecule has 0 aromatic heterocycles. The lowest BCUT2D eigenvalue weighted by Crippen LogP contribution is -2.69. The summed E-state index contributed by atoms with van der Waals surface area (Å²) in [5, 5.41) is 10.0. The summed E-state index contributed by atoms with van der Waals surface area (Å²) in [4.78, 5) is 14.3. The van der Waals surface area contributed by atoms with Gasteiger partial charge in [-0.2, -0.15) is 0 Å². The lowest BCUT2D eigenvalue weighted by Gasteiger charge is -2.50. The topological polar surface area (TPSA) is 68.2 Å². The third-order valence-electron chi connectivity index (χ3n) is 4.46. The fourth-order valence-corrected chi connectivity index (χ4v) is 3.41. The third-order valence-corrected chi connectivity index (χ3v) is 4.46. The highest BCUT2D eigenvalue weighted by Crippen LogP contribution is 2.43. The number of rotatable bonds is 4. The summed E-state index contributed by atoms with van der Waals surface area (Å²) in [6, 6.07) is 7.08. The van der Waals surface area contributed by atoms with Gasteiger partial charge in [-0.1, -0.05) is 12.1 Å². The fraction of sp³-hybridized carbons (Fsp3) is 0.588. The van der Waals surface area contributed by atoms with E-state index in [9.17, 15) is 9.90 Å². The molecule has 0 spiro atoms. The predicted molar refractivity (Wildman–Crippen MR) is 84.3 cm³/mol. The van der Waals surface area contributed by atoms with Gasteiger partial charge in [0.1, 0.15) is 11.9 Å². The van der Waals surface area contributed by atoms with E-state index in [4.69, 9.17) is 14.2 Å². The van der Waals surface area contributed by atoms with E-state index in [-0.39, 0.29) is 18.1 Å². The standard InChI is InChI=1S/C17H23NO5/c1-10(19)14-15(13-9-22-17(2,3)23-13)18(16(14)20)11-7-5-6-8-12(11)21-4/h5-8,10,13-15,19H,9H2,1-4H3/t10-,13+,14+,15+/m0/s1. The van der Waals surface area contributed by atoms with Gasteiger partial charge in [0.15, 0.2) is 5.79 Å². The number of methoxy groups -OCH3 is 1. The highest BCUT2D eigenvalue weighted by Gasteiger charge is 2.57. The van der Waals surface area contributed by atoms with Crippen LogP contribution < -0.4 is 9.64 Å². The molecule has 2 heterocycles. The molecule has 0 aliphatic carbocycles. The molecule has 1 aromatic rings. The van der Waals surface area contributed by atoms with Crippen molar-refractivity contribution < 1.29 is 24.1 Å². The van der Waals surface area contributed by atoms with Crippen LogP contribution in [0.2, 0.25) is 0 Å². The molecule has 2 aliphatic rings. The molecule has 1 N–H and O–H groups in total. The maximum atomic E-state index is 12.6. The molecular weight excluding hydrogens is 298 g/mol. The molecule has 1 amide bonds. The lowest BCUT2D eigenvalue weighted by molar-refractivity contribution is -0.156. The SMILES string of the molecule is COc1ccccc1N1C(=O)[C@H]([C@H](C)O)[C@H]1[C@H]1COC(C)(C)O1. The van der Waals surface area contributed by atoms with Crippen LogP contribution in [0.25, 0.3) is 0 Å². The number of β-lactam (4-membered cyclic amide) rings is 1. The van der Waals surface area contributed by atoms with Crippen molar-refractivity contribution in [2.45, 2.75) is 44.8 Å². The molecule has 6 nitrogen and oxygen atoms in total. The van der Waals surface area contributed by atoms with Crippen molar-refractivity contribution in [3.8, 4) is 5.75 Å². The molecular formula is C17H23NO5. The Labute approximate surface area is 135 Å². The normalized spacial score (nSPS) is 30.9. The van der Waals surface area contributed by atoms with Crippen LogP contribution in [0.1, 0.15) is 20.8 Å². The highest BCUT2D eigenvalue weighted by molar-refractivity contribution is 6.04. The van der Waals surface area contributed by atoms with Crippen LogP contribution in [0.15, 0.2) is 24.3 Å². The van der Waals surface area contributed by atoms with Crippen LogP contribution in [-0.4, -0.2) is 48.8 Å². The first-order valence-electron chi connectivity index (χ1n) is 7.81. The van der Waals surface area contributed by atoms with Crippen LogP contribution in [-0.2, 0) is 14.3 Å². The van der Waals surface area contributed by atoms with Gasteiger partial charge in [0.2, 0.25) is 5.91 Å². The van der Waals surface area contributed by atoms with Crippen molar-refractivity contribution in [1.29, 1.82) is 0 Å². The highest BCUT2D eigenvalue weighted by atomic mass is 16.7. The lowest BCUT2D eigenvalue weighted by atomic mass is 9.79. The monoisotopic (exact) mass is 321 g/mol. The summed E-state index contributed by atoms with van der Waals surface area (Å²) in [7, 11) is 1.57. The molecule has 0 bridgehead atoms. The molecule has 4 atom stereocenters. The summed E-state index contributed by atoms with van der Waals surface area (Å²) in [6.07, 6.45) is -1.03. The summed E-state index contributed by atoms with van der Waals surface area (Å²) in [5.41, 5.74) is 0.690. The van der Waals surface area contributed by atoms with E-state index in [1.807, 2.05) is 38.1 Å². The quantitative estimate of drug-likeness (QED) is 0.853. The second-order valence-corrected chi connectivity index (χ2v) is 6.50. The summed E-state index contributed by atoms with van der Waals surface area (Å²) >= 11 is 0. The van der Waals surface area contributed by atoms with E-state index < -0.39 is 17.8 Å². The number of anilines is 1. The minimum atomic E-state index is -0.745. The Bertz CT molecular complexity index is 600. The molecule has 1 aromatic carbocycles. The minimum absolute atomic E-state index is 0.122. The first-order valence-corrected chi connectivity index (χ1v) is 7.81. The third kappa shape index (κ3) is 2.71. The van der Waals surface area contributed by atoms with Crippen molar-refractivity contribution in [1.82, 2.24) is 0 Å². The second-order valence-electron chi connectivity index (χ2n) is 6.50. The molecule has 0 unspecified atom stereocenters. The number of hydrogen-bond donors (Lipinski definition) is 1. The molecule has 0 saturated carbocycles. The zero-order chi connectivity index (χ0) is 16.8. The number of amides is 1. The van der Waals surface area contributed by atoms with Crippen molar-refractivity contribution in [2.75, 3.05) is 18.6 Å². The van der Waals surface area contributed by atoms with E-state index >= 15 is 0 Å². The molecule has 126 valence electrons. The van der Waals surface area contributed by atoms with E-state index in [1.54, 1.807) is 18.9 Å². The molecule has 23 heavy (non-hydrogen) atoms. The van der Waals surface area contributed by atoms with Crippen molar-refractivity contribution >= 4 is 11.6 Å².